The Hall–Kier alpha value is -1.18. The van der Waals surface area contributed by atoms with Crippen molar-refractivity contribution in [3.63, 3.8) is 0 Å². The van der Waals surface area contributed by atoms with Crippen LogP contribution in [0.3, 0.4) is 0 Å². The van der Waals surface area contributed by atoms with E-state index < -0.39 is 0 Å². The van der Waals surface area contributed by atoms with Gasteiger partial charge < -0.3 is 5.32 Å². The first-order valence-electron chi connectivity index (χ1n) is 8.59. The molecule has 1 aromatic carbocycles. The van der Waals surface area contributed by atoms with Crippen LogP contribution in [0.1, 0.15) is 45.1 Å². The second kappa shape index (κ2) is 10.1. The van der Waals surface area contributed by atoms with Gasteiger partial charge in [0.2, 0.25) is 5.91 Å². The lowest BCUT2D eigenvalue weighted by atomic mass is 10.1. The van der Waals surface area contributed by atoms with Gasteiger partial charge in [-0.1, -0.05) is 67.5 Å². The Bertz CT molecular complexity index is 754. The van der Waals surface area contributed by atoms with E-state index in [4.69, 9.17) is 12.2 Å². The molecular formula is C18H25N3OS3. The summed E-state index contributed by atoms with van der Waals surface area (Å²) < 4.78 is 3.30. The van der Waals surface area contributed by atoms with Crippen LogP contribution in [0.4, 0.5) is 0 Å². The van der Waals surface area contributed by atoms with E-state index in [1.165, 1.54) is 35.9 Å². The maximum Gasteiger partial charge on any atom is 0.230 e. The third-order valence-electron chi connectivity index (χ3n) is 3.85. The number of benzene rings is 1. The van der Waals surface area contributed by atoms with Crippen LogP contribution in [0.5, 0.6) is 0 Å². The fourth-order valence-corrected chi connectivity index (χ4v) is 4.65. The van der Waals surface area contributed by atoms with Crippen LogP contribution in [-0.2, 0) is 4.79 Å². The Labute approximate surface area is 163 Å². The molecule has 25 heavy (non-hydrogen) atoms. The summed E-state index contributed by atoms with van der Waals surface area (Å²) in [7, 11) is 0. The van der Waals surface area contributed by atoms with Crippen LogP contribution in [0.25, 0.3) is 5.69 Å². The van der Waals surface area contributed by atoms with Gasteiger partial charge in [-0.3, -0.25) is 4.79 Å². The number of unbranched alkanes of at least 4 members (excludes halogenated alkanes) is 2. The van der Waals surface area contributed by atoms with Gasteiger partial charge >= 0.3 is 0 Å². The predicted octanol–water partition coefficient (Wildman–Crippen LogP) is 5.15. The first-order valence-corrected chi connectivity index (χ1v) is 10.8. The molecule has 1 heterocycles. The number of carbonyl (C=O) groups excluding carboxylic acids is 1. The highest BCUT2D eigenvalue weighted by Crippen LogP contribution is 2.25. The van der Waals surface area contributed by atoms with Gasteiger partial charge in [-0.15, -0.1) is 5.10 Å². The van der Waals surface area contributed by atoms with Crippen LogP contribution in [0.15, 0.2) is 28.6 Å². The lowest BCUT2D eigenvalue weighted by molar-refractivity contribution is -0.119. The summed E-state index contributed by atoms with van der Waals surface area (Å²) in [5.74, 6) is 0.423. The number of hydrogen-bond acceptors (Lipinski definition) is 5. The van der Waals surface area contributed by atoms with E-state index in [0.717, 1.165) is 28.4 Å². The van der Waals surface area contributed by atoms with Gasteiger partial charge in [-0.05, 0) is 44.1 Å². The topological polar surface area (TPSA) is 46.9 Å². The third kappa shape index (κ3) is 6.24. The standard InChI is InChI=1S/C18H25N3OS3/c1-4-5-6-10-14(3)19-16(22)12-24-17-20-21(18(23)25-17)15-11-8-7-9-13(15)2/h7-9,11,14H,4-6,10,12H2,1-3H3,(H,19,22)/t14-/m1/s1. The molecule has 0 saturated heterocycles. The number of para-hydroxylation sites is 1. The molecule has 1 amide bonds. The van der Waals surface area contributed by atoms with Gasteiger partial charge in [-0.2, -0.15) is 0 Å². The zero-order valence-corrected chi connectivity index (χ0v) is 17.4. The monoisotopic (exact) mass is 395 g/mol. The van der Waals surface area contributed by atoms with E-state index in [1.807, 2.05) is 31.2 Å². The van der Waals surface area contributed by atoms with Crippen molar-refractivity contribution in [1.82, 2.24) is 15.1 Å². The largest absolute Gasteiger partial charge is 0.353 e. The number of nitrogens with one attached hydrogen (secondary N) is 1. The summed E-state index contributed by atoms with van der Waals surface area (Å²) >= 11 is 8.32. The lowest BCUT2D eigenvalue weighted by Gasteiger charge is -2.12. The highest BCUT2D eigenvalue weighted by Gasteiger charge is 2.12. The molecule has 2 rings (SSSR count). The summed E-state index contributed by atoms with van der Waals surface area (Å²) in [5, 5.41) is 7.62. The van der Waals surface area contributed by atoms with Crippen molar-refractivity contribution in [2.24, 2.45) is 0 Å². The van der Waals surface area contributed by atoms with E-state index in [9.17, 15) is 4.79 Å². The smallest absolute Gasteiger partial charge is 0.230 e. The molecule has 0 saturated carbocycles. The summed E-state index contributed by atoms with van der Waals surface area (Å²) in [6.07, 6.45) is 4.61. The first-order chi connectivity index (χ1) is 12.0. The van der Waals surface area contributed by atoms with Crippen molar-refractivity contribution in [3.8, 4) is 5.69 Å². The lowest BCUT2D eigenvalue weighted by Crippen LogP contribution is -2.33. The molecule has 136 valence electrons. The molecule has 0 fully saturated rings. The molecule has 0 radical (unpaired) electrons. The average Bonchev–Trinajstić information content (AvgIpc) is 2.94. The number of amides is 1. The highest BCUT2D eigenvalue weighted by atomic mass is 32.2. The number of aryl methyl sites for hydroxylation is 1. The minimum Gasteiger partial charge on any atom is -0.353 e. The predicted molar refractivity (Wildman–Crippen MR) is 109 cm³/mol. The number of thioether (sulfide) groups is 1. The molecule has 0 spiro atoms. The SMILES string of the molecule is CCCCC[C@@H](C)NC(=O)CSc1nn(-c2ccccc2C)c(=S)s1. The van der Waals surface area contributed by atoms with E-state index in [-0.39, 0.29) is 11.9 Å². The van der Waals surface area contributed by atoms with Crippen molar-refractivity contribution >= 4 is 41.2 Å². The second-order valence-electron chi connectivity index (χ2n) is 6.09. The Morgan fingerprint density at radius 2 is 2.16 bits per heavy atom. The van der Waals surface area contributed by atoms with Gasteiger partial charge in [0, 0.05) is 6.04 Å². The quantitative estimate of drug-likeness (QED) is 0.362. The zero-order valence-electron chi connectivity index (χ0n) is 14.9. The Kier molecular flexibility index (Phi) is 8.12. The van der Waals surface area contributed by atoms with Gasteiger partial charge in [0.15, 0.2) is 8.29 Å². The zero-order chi connectivity index (χ0) is 18.2. The maximum atomic E-state index is 12.1. The maximum absolute atomic E-state index is 12.1. The number of carbonyl (C=O) groups is 1. The summed E-state index contributed by atoms with van der Waals surface area (Å²) in [6.45, 7) is 6.29. The van der Waals surface area contributed by atoms with Gasteiger partial charge in [-0.25, -0.2) is 4.68 Å². The molecule has 4 nitrogen and oxygen atoms in total. The molecule has 1 aromatic heterocycles. The number of hydrogen-bond donors (Lipinski definition) is 1. The van der Waals surface area contributed by atoms with E-state index >= 15 is 0 Å². The van der Waals surface area contributed by atoms with Crippen molar-refractivity contribution < 1.29 is 4.79 Å². The van der Waals surface area contributed by atoms with Crippen molar-refractivity contribution in [2.45, 2.75) is 56.8 Å². The number of nitrogens with zero attached hydrogens (tertiary/aromatic N) is 2. The van der Waals surface area contributed by atoms with E-state index in [0.29, 0.717) is 9.71 Å². The fourth-order valence-electron chi connectivity index (χ4n) is 2.49. The van der Waals surface area contributed by atoms with E-state index in [2.05, 4.69) is 24.3 Å². The van der Waals surface area contributed by atoms with E-state index in [1.54, 1.807) is 4.68 Å². The van der Waals surface area contributed by atoms with Crippen molar-refractivity contribution in [2.75, 3.05) is 5.75 Å². The fraction of sp³-hybridized carbons (Fsp3) is 0.500. The Balaban J connectivity index is 1.90. The Morgan fingerprint density at radius 3 is 2.88 bits per heavy atom. The average molecular weight is 396 g/mol. The molecule has 1 N–H and O–H groups in total. The summed E-state index contributed by atoms with van der Waals surface area (Å²) in [4.78, 5) is 12.1. The van der Waals surface area contributed by atoms with Crippen molar-refractivity contribution in [1.29, 1.82) is 0 Å². The molecule has 0 aliphatic heterocycles. The van der Waals surface area contributed by atoms with Gasteiger partial charge in [0.25, 0.3) is 0 Å². The number of rotatable bonds is 9. The third-order valence-corrected chi connectivity index (χ3v) is 6.21. The molecule has 0 aliphatic rings. The van der Waals surface area contributed by atoms with Crippen LogP contribution in [-0.4, -0.2) is 27.5 Å². The van der Waals surface area contributed by atoms with Crippen LogP contribution in [0.2, 0.25) is 0 Å². The minimum absolute atomic E-state index is 0.0533. The first kappa shape index (κ1) is 20.1. The molecule has 0 unspecified atom stereocenters. The molecule has 0 bridgehead atoms. The number of aromatic nitrogens is 2. The molecule has 7 heteroatoms. The summed E-state index contributed by atoms with van der Waals surface area (Å²) in [6, 6.07) is 8.24. The highest BCUT2D eigenvalue weighted by molar-refractivity contribution is 8.01. The van der Waals surface area contributed by atoms with Crippen LogP contribution in [0, 0.1) is 10.9 Å². The van der Waals surface area contributed by atoms with Gasteiger partial charge in [0.1, 0.15) is 0 Å². The van der Waals surface area contributed by atoms with Gasteiger partial charge in [0.05, 0.1) is 11.4 Å². The molecule has 0 aliphatic carbocycles. The normalized spacial score (nSPS) is 12.1. The molecule has 1 atom stereocenters. The molecule has 2 aromatic rings. The van der Waals surface area contributed by atoms with Crippen LogP contribution < -0.4 is 5.32 Å². The van der Waals surface area contributed by atoms with Crippen LogP contribution >= 0.6 is 35.3 Å². The minimum atomic E-state index is 0.0533. The summed E-state index contributed by atoms with van der Waals surface area (Å²) in [5.41, 5.74) is 2.11. The molecular weight excluding hydrogens is 370 g/mol. The Morgan fingerprint density at radius 1 is 1.40 bits per heavy atom. The van der Waals surface area contributed by atoms with Crippen molar-refractivity contribution in [3.05, 3.63) is 33.8 Å². The second-order valence-corrected chi connectivity index (χ2v) is 8.93.